The van der Waals surface area contributed by atoms with Crippen LogP contribution in [0.2, 0.25) is 0 Å². The Morgan fingerprint density at radius 1 is 0.299 bits per heavy atom. The van der Waals surface area contributed by atoms with Crippen LogP contribution in [0.1, 0.15) is 244 Å². The van der Waals surface area contributed by atoms with Crippen molar-refractivity contribution in [2.45, 2.75) is 244 Å². The van der Waals surface area contributed by atoms with Crippen molar-refractivity contribution in [2.24, 2.45) is 5.41 Å². The molecule has 0 aromatic heterocycles. The molecule has 4 aliphatic heterocycles. The van der Waals surface area contributed by atoms with Crippen molar-refractivity contribution < 1.29 is 110 Å². The number of hydrogen-bond acceptors (Lipinski definition) is 23. The fourth-order valence-corrected chi connectivity index (χ4v) is 10.5. The Morgan fingerprint density at radius 2 is 0.536 bits per heavy atom. The van der Waals surface area contributed by atoms with Crippen molar-refractivity contribution in [1.29, 1.82) is 0 Å². The zero-order chi connectivity index (χ0) is 70.5. The lowest BCUT2D eigenvalue weighted by Gasteiger charge is -2.33. The van der Waals surface area contributed by atoms with Gasteiger partial charge in [-0.15, -0.1) is 20.3 Å². The molecule has 0 radical (unpaired) electrons. The predicted molar refractivity (Wildman–Crippen MR) is 341 cm³/mol. The highest BCUT2D eigenvalue weighted by Crippen LogP contribution is 2.24. The first-order valence-corrected chi connectivity index (χ1v) is 34.8. The number of ether oxygens (including phenoxy) is 4. The topological polar surface area (TPSA) is 379 Å². The Bertz CT molecular complexity index is 2220. The van der Waals surface area contributed by atoms with Gasteiger partial charge in [0.05, 0.1) is 58.3 Å². The molecule has 97 heavy (non-hydrogen) atoms. The smallest absolute Gasteiger partial charge is 0.333 e. The van der Waals surface area contributed by atoms with Gasteiger partial charge in [-0.25, -0.2) is 14.4 Å². The molecule has 0 saturated carbocycles. The van der Waals surface area contributed by atoms with Crippen molar-refractivity contribution in [3.63, 3.8) is 0 Å². The van der Waals surface area contributed by atoms with Gasteiger partial charge < -0.3 is 54.2 Å². The lowest BCUT2D eigenvalue weighted by molar-refractivity contribution is -0.197. The van der Waals surface area contributed by atoms with E-state index in [-0.39, 0.29) is 184 Å². The number of carbonyl (C=O) groups excluding carboxylic acids is 15. The number of hydroxylamine groups is 8. The second-order valence-electron chi connectivity index (χ2n) is 24.8. The van der Waals surface area contributed by atoms with Crippen LogP contribution in [0.25, 0.3) is 0 Å². The quantitative estimate of drug-likeness (QED) is 0.0353. The second kappa shape index (κ2) is 48.2. The third kappa shape index (κ3) is 35.5. The van der Waals surface area contributed by atoms with Crippen LogP contribution in [-0.4, -0.2) is 181 Å². The van der Waals surface area contributed by atoms with Crippen LogP contribution in [0.15, 0.2) is 12.3 Å². The van der Waals surface area contributed by atoms with Gasteiger partial charge in [-0.3, -0.25) is 57.5 Å². The summed E-state index contributed by atoms with van der Waals surface area (Å²) in [5.74, 6) is -6.21. The van der Waals surface area contributed by atoms with Gasteiger partial charge in [0.2, 0.25) is 17.7 Å². The summed E-state index contributed by atoms with van der Waals surface area (Å²) in [6.07, 6.45) is 17.1. The number of nitrogens with one attached hydrogen (secondary N) is 3. The Morgan fingerprint density at radius 3 is 0.835 bits per heavy atom. The third-order valence-electron chi connectivity index (χ3n) is 16.2. The normalized spacial score (nSPS) is 14.9. The molecule has 544 valence electrons. The molecule has 30 nitrogen and oxygen atoms in total. The van der Waals surface area contributed by atoms with Crippen LogP contribution in [-0.2, 0) is 110 Å². The molecule has 11 amide bonds. The second-order valence-corrected chi connectivity index (χ2v) is 24.8. The molecule has 0 aliphatic carbocycles. The number of ketones is 1. The molecule has 0 spiro atoms. The highest BCUT2D eigenvalue weighted by molar-refractivity contribution is 6.03. The number of amides is 11. The Hall–Kier alpha value is -7.57. The Kier molecular flexibility index (Phi) is 40.7. The Labute approximate surface area is 567 Å². The lowest BCUT2D eigenvalue weighted by Crippen LogP contribution is -2.42. The van der Waals surface area contributed by atoms with E-state index >= 15 is 0 Å². The van der Waals surface area contributed by atoms with Gasteiger partial charge in [0, 0.05) is 129 Å². The fourth-order valence-electron chi connectivity index (χ4n) is 10.5. The van der Waals surface area contributed by atoms with Crippen molar-refractivity contribution >= 4 is 88.7 Å². The molecule has 3 N–H and O–H groups in total. The molecule has 0 atom stereocenters. The van der Waals surface area contributed by atoms with E-state index < -0.39 is 58.8 Å². The minimum Gasteiger partial charge on any atom is -0.380 e. The summed E-state index contributed by atoms with van der Waals surface area (Å²) in [5, 5.41) is 11.1. The van der Waals surface area contributed by atoms with Crippen molar-refractivity contribution in [3.05, 3.63) is 12.3 Å². The summed E-state index contributed by atoms with van der Waals surface area (Å²) < 4.78 is 24.6. The summed E-state index contributed by atoms with van der Waals surface area (Å²) in [6, 6.07) is 0. The van der Waals surface area contributed by atoms with Crippen LogP contribution < -0.4 is 16.0 Å². The minimum absolute atomic E-state index is 0.0100. The van der Waals surface area contributed by atoms with Gasteiger partial charge in [0.25, 0.3) is 47.3 Å². The summed E-state index contributed by atoms with van der Waals surface area (Å²) in [6.45, 7) is 5.09. The maximum absolute atomic E-state index is 13.1. The maximum Gasteiger partial charge on any atom is 0.333 e. The Balaban J connectivity index is 1.23. The SMILES string of the molecule is C=C(CCCCCCCCC(=O)CCOCC(COCCC(=O)NCCCCCCCC(=O)ON1C(=O)CCC1=O)(COCCC(=O)NCCCCCCCC(=O)ON1C(=O)CCC1=O)COCCC(=O)NCCCCCCCC(=O)ON1C(=O)CCC1=O)ON1C(=O)CCC1=O. The van der Waals surface area contributed by atoms with Crippen molar-refractivity contribution in [1.82, 2.24) is 36.2 Å². The largest absolute Gasteiger partial charge is 0.380 e. The highest BCUT2D eigenvalue weighted by atomic mass is 16.7. The molecule has 0 aromatic rings. The summed E-state index contributed by atoms with van der Waals surface area (Å²) >= 11 is 0. The number of unbranched alkanes of at least 4 members (excludes halogenated alkanes) is 17. The first kappa shape index (κ1) is 81.9. The molecular weight excluding hydrogens is 1270 g/mol. The average molecular weight is 1370 g/mol. The molecule has 0 bridgehead atoms. The van der Waals surface area contributed by atoms with Crippen LogP contribution in [0.5, 0.6) is 0 Å². The number of nitrogens with zero attached hydrogens (tertiary/aromatic N) is 4. The van der Waals surface area contributed by atoms with E-state index in [1.54, 1.807) is 0 Å². The van der Waals surface area contributed by atoms with E-state index in [1.165, 1.54) is 0 Å². The van der Waals surface area contributed by atoms with Crippen molar-refractivity contribution in [3.8, 4) is 0 Å². The maximum atomic E-state index is 13.1. The molecule has 4 aliphatic rings. The van der Waals surface area contributed by atoms with Gasteiger partial charge in [-0.2, -0.15) is 0 Å². The van der Waals surface area contributed by atoms with Gasteiger partial charge >= 0.3 is 17.9 Å². The van der Waals surface area contributed by atoms with Crippen LogP contribution in [0.4, 0.5) is 0 Å². The number of rotatable bonds is 58. The highest BCUT2D eigenvalue weighted by Gasteiger charge is 2.37. The predicted octanol–water partition coefficient (Wildman–Crippen LogP) is 6.08. The van der Waals surface area contributed by atoms with Gasteiger partial charge in [0.15, 0.2) is 0 Å². The molecule has 0 unspecified atom stereocenters. The van der Waals surface area contributed by atoms with E-state index in [1.807, 2.05) is 0 Å². The number of allylic oxidation sites excluding steroid dienone is 1. The van der Waals surface area contributed by atoms with E-state index in [2.05, 4.69) is 22.5 Å². The fraction of sp³-hybridized carbons (Fsp3) is 0.746. The van der Waals surface area contributed by atoms with Gasteiger partial charge in [-0.1, -0.05) is 90.0 Å². The minimum atomic E-state index is -1.03. The third-order valence-corrected chi connectivity index (χ3v) is 16.2. The van der Waals surface area contributed by atoms with E-state index in [4.69, 9.17) is 38.3 Å². The number of hydrogen-bond donors (Lipinski definition) is 3. The lowest BCUT2D eigenvalue weighted by atomic mass is 9.92. The van der Waals surface area contributed by atoms with E-state index in [0.29, 0.717) is 118 Å². The standard InChI is InChI=1S/C67H103N7O23/c1-51(94-71-56(79)28-29-57(71)80)23-15-7-2-3-8-16-24-52(75)36-43-90-47-67(48-91-44-37-53(76)68-40-20-12-4-9-17-25-64(87)95-72-58(81)30-31-59(72)82,49-92-45-38-54(77)69-41-21-13-5-10-18-26-65(88)96-73-60(83)32-33-61(73)84)50-93-46-39-55(78)70-42-22-14-6-11-19-27-66(89)97-74-62(85)34-35-63(74)86/h1-50H2,(H,68,76)(H,69,77)(H,70,78). The molecule has 4 heterocycles. The van der Waals surface area contributed by atoms with E-state index in [0.717, 1.165) is 75.7 Å². The zero-order valence-corrected chi connectivity index (χ0v) is 56.5. The van der Waals surface area contributed by atoms with E-state index in [9.17, 15) is 71.9 Å². The van der Waals surface area contributed by atoms with Crippen LogP contribution in [0.3, 0.4) is 0 Å². The number of carbonyl (C=O) groups is 15. The molecule has 4 rings (SSSR count). The van der Waals surface area contributed by atoms with Gasteiger partial charge in [0.1, 0.15) is 11.5 Å². The molecule has 30 heteroatoms. The number of Topliss-reactive ketones (excluding diaryl/α,β-unsaturated/α-hetero) is 1. The molecule has 4 fully saturated rings. The zero-order valence-electron chi connectivity index (χ0n) is 56.5. The van der Waals surface area contributed by atoms with Gasteiger partial charge in [-0.05, 0) is 51.4 Å². The van der Waals surface area contributed by atoms with Crippen molar-refractivity contribution in [2.75, 3.05) is 72.5 Å². The first-order chi connectivity index (χ1) is 46.7. The average Bonchev–Trinajstić information content (AvgIpc) is 1.78. The molecular formula is C67H103N7O23. The van der Waals surface area contributed by atoms with Crippen LogP contribution >= 0.6 is 0 Å². The summed E-state index contributed by atoms with van der Waals surface area (Å²) in [4.78, 5) is 202. The first-order valence-electron chi connectivity index (χ1n) is 34.8. The summed E-state index contributed by atoms with van der Waals surface area (Å²) in [5.41, 5.74) is -1.03. The molecule has 4 saturated heterocycles. The van der Waals surface area contributed by atoms with Crippen LogP contribution in [0, 0.1) is 5.41 Å². The monoisotopic (exact) mass is 1370 g/mol. The summed E-state index contributed by atoms with van der Waals surface area (Å²) in [7, 11) is 0. The molecule has 0 aromatic carbocycles. The number of imide groups is 4.